The van der Waals surface area contributed by atoms with Crippen LogP contribution in [0.5, 0.6) is 0 Å². The first-order valence-corrected chi connectivity index (χ1v) is 4.68. The Balaban J connectivity index is 2.53. The van der Waals surface area contributed by atoms with Gasteiger partial charge in [0, 0.05) is 23.6 Å². The van der Waals surface area contributed by atoms with Crippen LogP contribution in [0.2, 0.25) is 0 Å². The molecule has 0 saturated carbocycles. The molecule has 1 fully saturated rings. The molecule has 1 aliphatic rings. The molecule has 4 heteroatoms. The smallest absolute Gasteiger partial charge is 0.314 e. The third-order valence-corrected chi connectivity index (χ3v) is 3.03. The Kier molecular flexibility index (Phi) is 2.32. The van der Waals surface area contributed by atoms with Crippen LogP contribution < -0.4 is 5.73 Å². The second-order valence-electron chi connectivity index (χ2n) is 3.37. The van der Waals surface area contributed by atoms with Crippen molar-refractivity contribution < 1.29 is 4.79 Å². The number of urea groups is 1. The number of rotatable bonds is 0. The third-order valence-electron chi connectivity index (χ3n) is 1.74. The summed E-state index contributed by atoms with van der Waals surface area (Å²) in [5.41, 5.74) is 5.17. The molecule has 0 aromatic carbocycles. The summed E-state index contributed by atoms with van der Waals surface area (Å²) in [4.78, 5) is 12.5. The molecule has 3 nitrogen and oxygen atoms in total. The highest BCUT2D eigenvalue weighted by molar-refractivity contribution is 8.00. The summed E-state index contributed by atoms with van der Waals surface area (Å²) in [5, 5.41) is 0. The van der Waals surface area contributed by atoms with Gasteiger partial charge in [-0.25, -0.2) is 4.79 Å². The number of carbonyl (C=O) groups excluding carboxylic acids is 1. The van der Waals surface area contributed by atoms with Crippen LogP contribution in [0.1, 0.15) is 13.8 Å². The SMILES string of the molecule is CC1(C)CN(C(N)=O)CCS1. The van der Waals surface area contributed by atoms with Crippen LogP contribution in [-0.4, -0.2) is 34.5 Å². The van der Waals surface area contributed by atoms with Crippen LogP contribution in [-0.2, 0) is 0 Å². The van der Waals surface area contributed by atoms with E-state index in [9.17, 15) is 4.79 Å². The van der Waals surface area contributed by atoms with Crippen LogP contribution in [0.25, 0.3) is 0 Å². The third kappa shape index (κ3) is 2.29. The lowest BCUT2D eigenvalue weighted by atomic mass is 10.2. The maximum absolute atomic E-state index is 10.8. The van der Waals surface area contributed by atoms with Crippen molar-refractivity contribution in [2.75, 3.05) is 18.8 Å². The molecule has 0 aromatic heterocycles. The fourth-order valence-electron chi connectivity index (χ4n) is 1.20. The average Bonchev–Trinajstić information content (AvgIpc) is 1.85. The number of primary amides is 1. The van der Waals surface area contributed by atoms with E-state index in [4.69, 9.17) is 5.73 Å². The topological polar surface area (TPSA) is 46.3 Å². The standard InChI is InChI=1S/C7H14N2OS/c1-7(2)5-9(6(8)10)3-4-11-7/h3-5H2,1-2H3,(H2,8,10). The van der Waals surface area contributed by atoms with Crippen LogP contribution >= 0.6 is 11.8 Å². The summed E-state index contributed by atoms with van der Waals surface area (Å²) >= 11 is 1.89. The van der Waals surface area contributed by atoms with E-state index < -0.39 is 0 Å². The van der Waals surface area contributed by atoms with Gasteiger partial charge < -0.3 is 10.6 Å². The Morgan fingerprint density at radius 2 is 2.27 bits per heavy atom. The Labute approximate surface area is 71.3 Å². The predicted octanol–water partition coefficient (Wildman–Crippen LogP) is 0.893. The highest BCUT2D eigenvalue weighted by Gasteiger charge is 2.28. The summed E-state index contributed by atoms with van der Waals surface area (Å²) < 4.78 is 0.174. The van der Waals surface area contributed by atoms with E-state index >= 15 is 0 Å². The maximum atomic E-state index is 10.8. The zero-order valence-electron chi connectivity index (χ0n) is 6.96. The lowest BCUT2D eigenvalue weighted by Crippen LogP contribution is -2.48. The summed E-state index contributed by atoms with van der Waals surface area (Å²) in [6.07, 6.45) is 0. The molecule has 1 saturated heterocycles. The molecule has 0 atom stereocenters. The molecule has 0 spiro atoms. The van der Waals surface area contributed by atoms with Crippen molar-refractivity contribution in [1.82, 2.24) is 4.90 Å². The van der Waals surface area contributed by atoms with Crippen molar-refractivity contribution >= 4 is 17.8 Å². The first-order chi connectivity index (χ1) is 5.01. The van der Waals surface area contributed by atoms with Crippen molar-refractivity contribution in [1.29, 1.82) is 0 Å². The second-order valence-corrected chi connectivity index (χ2v) is 5.17. The average molecular weight is 174 g/mol. The lowest BCUT2D eigenvalue weighted by Gasteiger charge is -2.36. The Bertz CT molecular complexity index is 170. The first-order valence-electron chi connectivity index (χ1n) is 3.70. The minimum atomic E-state index is -0.293. The Hall–Kier alpha value is -0.380. The number of thioether (sulfide) groups is 1. The second kappa shape index (κ2) is 2.93. The van der Waals surface area contributed by atoms with E-state index in [2.05, 4.69) is 13.8 Å². The molecule has 2 amide bonds. The van der Waals surface area contributed by atoms with Gasteiger partial charge in [-0.05, 0) is 13.8 Å². The zero-order chi connectivity index (χ0) is 8.48. The molecular formula is C7H14N2OS. The molecule has 0 aliphatic carbocycles. The fourth-order valence-corrected chi connectivity index (χ4v) is 2.32. The van der Waals surface area contributed by atoms with Gasteiger partial charge in [0.15, 0.2) is 0 Å². The molecule has 0 unspecified atom stereocenters. The van der Waals surface area contributed by atoms with E-state index in [1.54, 1.807) is 4.90 Å². The Morgan fingerprint density at radius 3 is 2.64 bits per heavy atom. The Morgan fingerprint density at radius 1 is 1.64 bits per heavy atom. The summed E-state index contributed by atoms with van der Waals surface area (Å²) in [7, 11) is 0. The van der Waals surface area contributed by atoms with Crippen molar-refractivity contribution in [3.8, 4) is 0 Å². The van der Waals surface area contributed by atoms with Crippen molar-refractivity contribution in [3.05, 3.63) is 0 Å². The quantitative estimate of drug-likeness (QED) is 0.593. The number of hydrogen-bond acceptors (Lipinski definition) is 2. The minimum absolute atomic E-state index is 0.174. The largest absolute Gasteiger partial charge is 0.351 e. The van der Waals surface area contributed by atoms with Gasteiger partial charge >= 0.3 is 6.03 Å². The molecule has 1 rings (SSSR count). The van der Waals surface area contributed by atoms with E-state index in [-0.39, 0.29) is 10.8 Å². The highest BCUT2D eigenvalue weighted by Crippen LogP contribution is 2.28. The van der Waals surface area contributed by atoms with Gasteiger partial charge in [-0.15, -0.1) is 0 Å². The fraction of sp³-hybridized carbons (Fsp3) is 0.857. The molecule has 0 radical (unpaired) electrons. The summed E-state index contributed by atoms with van der Waals surface area (Å²) in [6, 6.07) is -0.293. The van der Waals surface area contributed by atoms with Gasteiger partial charge in [0.2, 0.25) is 0 Å². The van der Waals surface area contributed by atoms with E-state index in [1.165, 1.54) is 0 Å². The predicted molar refractivity (Wildman–Crippen MR) is 47.7 cm³/mol. The molecule has 11 heavy (non-hydrogen) atoms. The number of amides is 2. The number of nitrogens with zero attached hydrogens (tertiary/aromatic N) is 1. The van der Waals surface area contributed by atoms with Crippen molar-refractivity contribution in [2.45, 2.75) is 18.6 Å². The maximum Gasteiger partial charge on any atom is 0.314 e. The molecule has 2 N–H and O–H groups in total. The van der Waals surface area contributed by atoms with Crippen LogP contribution in [0.15, 0.2) is 0 Å². The number of nitrogens with two attached hydrogens (primary N) is 1. The number of carbonyl (C=O) groups is 1. The minimum Gasteiger partial charge on any atom is -0.351 e. The normalized spacial score (nSPS) is 23.3. The lowest BCUT2D eigenvalue weighted by molar-refractivity contribution is 0.204. The molecule has 1 heterocycles. The van der Waals surface area contributed by atoms with Crippen LogP contribution in [0.3, 0.4) is 0 Å². The molecule has 64 valence electrons. The number of hydrogen-bond donors (Lipinski definition) is 1. The van der Waals surface area contributed by atoms with Gasteiger partial charge in [-0.3, -0.25) is 0 Å². The monoisotopic (exact) mass is 174 g/mol. The summed E-state index contributed by atoms with van der Waals surface area (Å²) in [6.45, 7) is 5.83. The summed E-state index contributed by atoms with van der Waals surface area (Å²) in [5.74, 6) is 0.996. The van der Waals surface area contributed by atoms with Crippen LogP contribution in [0.4, 0.5) is 4.79 Å². The van der Waals surface area contributed by atoms with Gasteiger partial charge in [0.05, 0.1) is 0 Å². The first kappa shape index (κ1) is 8.71. The van der Waals surface area contributed by atoms with Gasteiger partial charge in [-0.2, -0.15) is 11.8 Å². The molecule has 1 aliphatic heterocycles. The van der Waals surface area contributed by atoms with E-state index in [0.717, 1.165) is 18.8 Å². The van der Waals surface area contributed by atoms with Gasteiger partial charge in [-0.1, -0.05) is 0 Å². The van der Waals surface area contributed by atoms with Gasteiger partial charge in [0.25, 0.3) is 0 Å². The van der Waals surface area contributed by atoms with Crippen molar-refractivity contribution in [2.24, 2.45) is 5.73 Å². The van der Waals surface area contributed by atoms with Gasteiger partial charge in [0.1, 0.15) is 0 Å². The van der Waals surface area contributed by atoms with Crippen molar-refractivity contribution in [3.63, 3.8) is 0 Å². The zero-order valence-corrected chi connectivity index (χ0v) is 7.78. The highest BCUT2D eigenvalue weighted by atomic mass is 32.2. The molecular weight excluding hydrogens is 160 g/mol. The molecule has 0 bridgehead atoms. The molecule has 0 aromatic rings. The van der Waals surface area contributed by atoms with E-state index in [1.807, 2.05) is 11.8 Å². The van der Waals surface area contributed by atoms with E-state index in [0.29, 0.717) is 0 Å². The van der Waals surface area contributed by atoms with Crippen LogP contribution in [0, 0.1) is 0 Å².